The fraction of sp³-hybridized carbons (Fsp3) is 0.259. The van der Waals surface area contributed by atoms with Crippen LogP contribution in [0, 0.1) is 17.2 Å². The Morgan fingerprint density at radius 3 is 2.58 bits per heavy atom. The summed E-state index contributed by atoms with van der Waals surface area (Å²) in [5.74, 6) is -0.128. The van der Waals surface area contributed by atoms with Crippen LogP contribution >= 0.6 is 0 Å². The number of esters is 1. The number of nitrogens with zero attached hydrogens (tertiary/aromatic N) is 1. The third-order valence-electron chi connectivity index (χ3n) is 4.97. The highest BCUT2D eigenvalue weighted by Gasteiger charge is 2.17. The minimum absolute atomic E-state index is 0.0677. The minimum Gasteiger partial charge on any atom is -0.493 e. The van der Waals surface area contributed by atoms with E-state index in [1.807, 2.05) is 26.8 Å². The molecular formula is C27H26N2O7. The van der Waals surface area contributed by atoms with E-state index in [0.717, 1.165) is 0 Å². The Morgan fingerprint density at radius 2 is 1.92 bits per heavy atom. The lowest BCUT2D eigenvalue weighted by Crippen LogP contribution is -2.31. The first-order valence-corrected chi connectivity index (χ1v) is 11.3. The number of rotatable bonds is 9. The Hall–Kier alpha value is -4.58. The van der Waals surface area contributed by atoms with Crippen LogP contribution in [-0.4, -0.2) is 32.1 Å². The molecule has 1 N–H and O–H groups in total. The minimum atomic E-state index is -0.892. The van der Waals surface area contributed by atoms with E-state index in [-0.39, 0.29) is 28.4 Å². The van der Waals surface area contributed by atoms with Crippen molar-refractivity contribution in [3.05, 3.63) is 69.6 Å². The molecule has 3 aromatic rings. The summed E-state index contributed by atoms with van der Waals surface area (Å²) in [6.45, 7) is 6.60. The molecule has 0 radical (unpaired) electrons. The maximum atomic E-state index is 12.6. The van der Waals surface area contributed by atoms with Gasteiger partial charge in [-0.05, 0) is 54.8 Å². The summed E-state index contributed by atoms with van der Waals surface area (Å²) < 4.78 is 21.4. The molecule has 0 aliphatic rings. The molecule has 0 spiro atoms. The lowest BCUT2D eigenvalue weighted by molar-refractivity contribution is -0.129. The van der Waals surface area contributed by atoms with Gasteiger partial charge in [-0.25, -0.2) is 9.59 Å². The summed E-state index contributed by atoms with van der Waals surface area (Å²) in [6, 6.07) is 12.6. The summed E-state index contributed by atoms with van der Waals surface area (Å²) in [4.78, 5) is 37.2. The van der Waals surface area contributed by atoms with E-state index in [1.54, 1.807) is 24.3 Å². The molecule has 0 bridgehead atoms. The molecule has 0 aliphatic heterocycles. The number of hydrogen-bond donors (Lipinski definition) is 1. The Morgan fingerprint density at radius 1 is 1.14 bits per heavy atom. The van der Waals surface area contributed by atoms with Crippen molar-refractivity contribution in [1.82, 2.24) is 5.32 Å². The molecule has 0 atom stereocenters. The first-order chi connectivity index (χ1) is 17.2. The molecule has 0 fully saturated rings. The largest absolute Gasteiger partial charge is 0.493 e. The number of fused-ring (bicyclic) bond motifs is 1. The highest BCUT2D eigenvalue weighted by atomic mass is 16.5. The second-order valence-corrected chi connectivity index (χ2v) is 8.15. The number of methoxy groups -OCH3 is 1. The standard InChI is InChI=1S/C27H26N2O7/c1-5-34-22-9-6-17(11-24(22)33-4)10-19(14-28)26(31)35-20-8-7-18-12-21(25(30)29-15-16(2)3)27(32)36-23(18)13-20/h6-13,16H,5,15H2,1-4H3,(H,29,30)/b19-10+. The lowest BCUT2D eigenvalue weighted by Gasteiger charge is -2.10. The van der Waals surface area contributed by atoms with Crippen LogP contribution in [0.2, 0.25) is 0 Å². The van der Waals surface area contributed by atoms with Crippen LogP contribution in [0.5, 0.6) is 17.2 Å². The Labute approximate surface area is 207 Å². The Kier molecular flexibility index (Phi) is 8.47. The molecule has 36 heavy (non-hydrogen) atoms. The van der Waals surface area contributed by atoms with Crippen molar-refractivity contribution in [2.45, 2.75) is 20.8 Å². The summed E-state index contributed by atoms with van der Waals surface area (Å²) in [5, 5.41) is 12.6. The second kappa shape index (κ2) is 11.7. The van der Waals surface area contributed by atoms with Gasteiger partial charge in [0.2, 0.25) is 0 Å². The fourth-order valence-corrected chi connectivity index (χ4v) is 3.22. The van der Waals surface area contributed by atoms with E-state index in [0.29, 0.717) is 35.6 Å². The maximum absolute atomic E-state index is 12.6. The van der Waals surface area contributed by atoms with Crippen LogP contribution in [0.3, 0.4) is 0 Å². The predicted octanol–water partition coefficient (Wildman–Crippen LogP) is 4.10. The third kappa shape index (κ3) is 6.30. The average molecular weight is 491 g/mol. The summed E-state index contributed by atoms with van der Waals surface area (Å²) in [6.07, 6.45) is 1.36. The molecule has 2 aromatic carbocycles. The van der Waals surface area contributed by atoms with Gasteiger partial charge in [0.15, 0.2) is 11.5 Å². The van der Waals surface area contributed by atoms with E-state index >= 15 is 0 Å². The molecule has 3 rings (SSSR count). The molecule has 0 aliphatic carbocycles. The maximum Gasteiger partial charge on any atom is 0.354 e. The van der Waals surface area contributed by atoms with Crippen LogP contribution in [0.4, 0.5) is 0 Å². The van der Waals surface area contributed by atoms with Gasteiger partial charge < -0.3 is 23.9 Å². The van der Waals surface area contributed by atoms with Gasteiger partial charge in [0.1, 0.15) is 28.5 Å². The molecule has 1 amide bonds. The zero-order valence-corrected chi connectivity index (χ0v) is 20.4. The van der Waals surface area contributed by atoms with Crippen LogP contribution < -0.4 is 25.2 Å². The highest BCUT2D eigenvalue weighted by Crippen LogP contribution is 2.29. The number of nitriles is 1. The summed E-state index contributed by atoms with van der Waals surface area (Å²) in [7, 11) is 1.49. The van der Waals surface area contributed by atoms with Crippen molar-refractivity contribution in [3.8, 4) is 23.3 Å². The quantitative estimate of drug-likeness (QED) is 0.156. The van der Waals surface area contributed by atoms with Gasteiger partial charge in [0.05, 0.1) is 13.7 Å². The van der Waals surface area contributed by atoms with E-state index in [2.05, 4.69) is 5.32 Å². The number of benzene rings is 2. The molecule has 0 saturated carbocycles. The Bertz CT molecular complexity index is 1410. The molecule has 9 nitrogen and oxygen atoms in total. The van der Waals surface area contributed by atoms with Crippen LogP contribution in [0.15, 0.2) is 57.2 Å². The predicted molar refractivity (Wildman–Crippen MR) is 133 cm³/mol. The highest BCUT2D eigenvalue weighted by molar-refractivity contribution is 6.00. The number of carbonyl (C=O) groups is 2. The molecule has 0 unspecified atom stereocenters. The van der Waals surface area contributed by atoms with Crippen molar-refractivity contribution in [2.75, 3.05) is 20.3 Å². The van der Waals surface area contributed by atoms with Gasteiger partial charge >= 0.3 is 11.6 Å². The van der Waals surface area contributed by atoms with E-state index in [1.165, 1.54) is 31.4 Å². The van der Waals surface area contributed by atoms with Crippen molar-refractivity contribution in [1.29, 1.82) is 5.26 Å². The van der Waals surface area contributed by atoms with Crippen molar-refractivity contribution >= 4 is 28.9 Å². The normalized spacial score (nSPS) is 11.2. The Balaban J connectivity index is 1.82. The van der Waals surface area contributed by atoms with E-state index in [9.17, 15) is 19.6 Å². The number of hydrogen-bond acceptors (Lipinski definition) is 8. The smallest absolute Gasteiger partial charge is 0.354 e. The molecule has 1 heterocycles. The molecule has 0 saturated heterocycles. The first-order valence-electron chi connectivity index (χ1n) is 11.3. The zero-order valence-electron chi connectivity index (χ0n) is 20.4. The second-order valence-electron chi connectivity index (χ2n) is 8.15. The van der Waals surface area contributed by atoms with Crippen molar-refractivity contribution in [2.24, 2.45) is 5.92 Å². The number of amides is 1. The average Bonchev–Trinajstić information content (AvgIpc) is 2.86. The van der Waals surface area contributed by atoms with Crippen LogP contribution in [0.1, 0.15) is 36.7 Å². The van der Waals surface area contributed by atoms with Crippen LogP contribution in [0.25, 0.3) is 17.0 Å². The summed E-state index contributed by atoms with van der Waals surface area (Å²) >= 11 is 0. The topological polar surface area (TPSA) is 128 Å². The van der Waals surface area contributed by atoms with Gasteiger partial charge in [-0.2, -0.15) is 5.26 Å². The first kappa shape index (κ1) is 26.0. The van der Waals surface area contributed by atoms with Gasteiger partial charge in [-0.1, -0.05) is 19.9 Å². The monoisotopic (exact) mass is 490 g/mol. The third-order valence-corrected chi connectivity index (χ3v) is 4.97. The molecule has 186 valence electrons. The van der Waals surface area contributed by atoms with Gasteiger partial charge in [-0.3, -0.25) is 4.79 Å². The molecule has 1 aromatic heterocycles. The molecule has 9 heteroatoms. The van der Waals surface area contributed by atoms with Gasteiger partial charge in [0.25, 0.3) is 5.91 Å². The van der Waals surface area contributed by atoms with Gasteiger partial charge in [0, 0.05) is 18.0 Å². The zero-order chi connectivity index (χ0) is 26.2. The fourth-order valence-electron chi connectivity index (χ4n) is 3.22. The SMILES string of the molecule is CCOc1ccc(/C=C(\C#N)C(=O)Oc2ccc3cc(C(=O)NCC(C)C)c(=O)oc3c2)cc1OC. The van der Waals surface area contributed by atoms with Crippen LogP contribution in [-0.2, 0) is 4.79 Å². The van der Waals surface area contributed by atoms with Gasteiger partial charge in [-0.15, -0.1) is 0 Å². The van der Waals surface area contributed by atoms with Crippen molar-refractivity contribution in [3.63, 3.8) is 0 Å². The number of ether oxygens (including phenoxy) is 3. The van der Waals surface area contributed by atoms with E-state index in [4.69, 9.17) is 18.6 Å². The number of carbonyl (C=O) groups excluding carboxylic acids is 2. The molecular weight excluding hydrogens is 464 g/mol. The lowest BCUT2D eigenvalue weighted by atomic mass is 10.1. The van der Waals surface area contributed by atoms with E-state index < -0.39 is 17.5 Å². The summed E-state index contributed by atoms with van der Waals surface area (Å²) in [5.41, 5.74) is -0.511. The number of nitrogens with one attached hydrogen (secondary N) is 1. The van der Waals surface area contributed by atoms with Crippen molar-refractivity contribution < 1.29 is 28.2 Å².